The summed E-state index contributed by atoms with van der Waals surface area (Å²) >= 11 is 0. The van der Waals surface area contributed by atoms with Gasteiger partial charge >= 0.3 is 0 Å². The van der Waals surface area contributed by atoms with Crippen molar-refractivity contribution in [1.29, 1.82) is 0 Å². The summed E-state index contributed by atoms with van der Waals surface area (Å²) in [5.74, 6) is 0. The van der Waals surface area contributed by atoms with Crippen molar-refractivity contribution in [3.63, 3.8) is 0 Å². The SMILES string of the molecule is CCCCCCCCCCCCc1ccc(S(=O)(=O)[O-])cc1.Cc1ccc(C[n+]2ccccc2)cc1. The van der Waals surface area contributed by atoms with E-state index >= 15 is 0 Å². The summed E-state index contributed by atoms with van der Waals surface area (Å²) in [6.45, 7) is 5.30. The lowest BCUT2D eigenvalue weighted by molar-refractivity contribution is -0.688. The number of nitrogens with zero attached hydrogens (tertiary/aromatic N) is 1. The Balaban J connectivity index is 0.000000278. The molecule has 0 fully saturated rings. The van der Waals surface area contributed by atoms with E-state index < -0.39 is 10.1 Å². The molecule has 0 saturated carbocycles. The topological polar surface area (TPSA) is 61.1 Å². The number of hydrogen-bond acceptors (Lipinski definition) is 3. The van der Waals surface area contributed by atoms with Gasteiger partial charge in [0.2, 0.25) is 0 Å². The fourth-order valence-electron chi connectivity index (χ4n) is 4.08. The summed E-state index contributed by atoms with van der Waals surface area (Å²) < 4.78 is 34.7. The van der Waals surface area contributed by atoms with Crippen LogP contribution < -0.4 is 4.57 Å². The smallest absolute Gasteiger partial charge is 0.173 e. The zero-order valence-corrected chi connectivity index (χ0v) is 22.9. The van der Waals surface area contributed by atoms with Crippen molar-refractivity contribution in [2.24, 2.45) is 0 Å². The summed E-state index contributed by atoms with van der Waals surface area (Å²) in [6, 6.07) is 21.1. The molecule has 0 amide bonds. The van der Waals surface area contributed by atoms with Gasteiger partial charge in [0.1, 0.15) is 10.1 Å². The van der Waals surface area contributed by atoms with Crippen molar-refractivity contribution in [3.8, 4) is 0 Å². The highest BCUT2D eigenvalue weighted by Gasteiger charge is 2.01. The standard InChI is InChI=1S/C18H30O3S.C13H14N/c1-2-3-4-5-6-7-8-9-10-11-12-17-13-15-18(16-14-17)22(19,20)21;1-12-5-7-13(8-6-12)11-14-9-3-2-4-10-14/h13-16H,2-12H2,1H3,(H,19,20,21);2-10H,11H2,1H3/q;+1/p-1. The summed E-state index contributed by atoms with van der Waals surface area (Å²) in [5, 5.41) is 0. The van der Waals surface area contributed by atoms with Gasteiger partial charge < -0.3 is 4.55 Å². The number of hydrogen-bond donors (Lipinski definition) is 0. The van der Waals surface area contributed by atoms with Gasteiger partial charge in [-0.1, -0.05) is 113 Å². The van der Waals surface area contributed by atoms with E-state index in [-0.39, 0.29) is 4.90 Å². The molecule has 0 aliphatic rings. The van der Waals surface area contributed by atoms with E-state index in [9.17, 15) is 13.0 Å². The highest BCUT2D eigenvalue weighted by Crippen LogP contribution is 2.14. The Labute approximate surface area is 219 Å². The molecule has 2 aromatic carbocycles. The number of rotatable bonds is 14. The Morgan fingerprint density at radius 3 is 1.69 bits per heavy atom. The van der Waals surface area contributed by atoms with Crippen LogP contribution in [0.4, 0.5) is 0 Å². The van der Waals surface area contributed by atoms with Crippen molar-refractivity contribution >= 4 is 10.1 Å². The zero-order valence-electron chi connectivity index (χ0n) is 22.1. The molecule has 0 spiro atoms. The van der Waals surface area contributed by atoms with Crippen LogP contribution in [0.5, 0.6) is 0 Å². The molecule has 4 nitrogen and oxygen atoms in total. The molecule has 0 saturated heterocycles. The van der Waals surface area contributed by atoms with E-state index in [1.807, 2.05) is 18.2 Å². The molecule has 36 heavy (non-hydrogen) atoms. The fourth-order valence-corrected chi connectivity index (χ4v) is 4.55. The Bertz CT molecular complexity index is 1060. The predicted octanol–water partition coefficient (Wildman–Crippen LogP) is 7.38. The Morgan fingerprint density at radius 2 is 1.17 bits per heavy atom. The summed E-state index contributed by atoms with van der Waals surface area (Å²) in [7, 11) is -4.31. The van der Waals surface area contributed by atoms with Gasteiger partial charge in [0.05, 0.1) is 4.90 Å². The quantitative estimate of drug-likeness (QED) is 0.129. The Kier molecular flexibility index (Phi) is 14.1. The minimum atomic E-state index is -4.31. The first-order chi connectivity index (χ1) is 17.4. The largest absolute Gasteiger partial charge is 0.744 e. The van der Waals surface area contributed by atoms with Crippen molar-refractivity contribution in [3.05, 3.63) is 95.8 Å². The second-order valence-electron chi connectivity index (χ2n) is 9.56. The minimum Gasteiger partial charge on any atom is -0.744 e. The number of benzene rings is 2. The summed E-state index contributed by atoms with van der Waals surface area (Å²) in [6.07, 6.45) is 18.2. The van der Waals surface area contributed by atoms with Crippen molar-refractivity contribution in [2.75, 3.05) is 0 Å². The Morgan fingerprint density at radius 1 is 0.667 bits per heavy atom. The van der Waals surface area contributed by atoms with Gasteiger partial charge in [0.25, 0.3) is 0 Å². The minimum absolute atomic E-state index is 0.140. The summed E-state index contributed by atoms with van der Waals surface area (Å²) in [4.78, 5) is -0.140. The molecule has 5 heteroatoms. The van der Waals surface area contributed by atoms with Gasteiger partial charge in [-0.25, -0.2) is 13.0 Å². The highest BCUT2D eigenvalue weighted by molar-refractivity contribution is 7.85. The zero-order chi connectivity index (χ0) is 26.1. The lowest BCUT2D eigenvalue weighted by atomic mass is 10.0. The van der Waals surface area contributed by atoms with Crippen LogP contribution >= 0.6 is 0 Å². The third kappa shape index (κ3) is 13.0. The van der Waals surface area contributed by atoms with Crippen molar-refractivity contribution in [2.45, 2.75) is 95.9 Å². The molecule has 0 radical (unpaired) electrons. The first-order valence-corrected chi connectivity index (χ1v) is 14.8. The van der Waals surface area contributed by atoms with E-state index in [2.05, 4.69) is 55.1 Å². The van der Waals surface area contributed by atoms with Gasteiger partial charge in [0, 0.05) is 17.7 Å². The van der Waals surface area contributed by atoms with Crippen molar-refractivity contribution < 1.29 is 17.5 Å². The number of aromatic nitrogens is 1. The molecular formula is C31H43NO3S. The van der Waals surface area contributed by atoms with Crippen LogP contribution in [0, 0.1) is 6.92 Å². The average Bonchev–Trinajstić information content (AvgIpc) is 2.87. The van der Waals surface area contributed by atoms with E-state index in [0.29, 0.717) is 0 Å². The number of aryl methyl sites for hydroxylation is 2. The highest BCUT2D eigenvalue weighted by atomic mass is 32.2. The molecule has 196 valence electrons. The van der Waals surface area contributed by atoms with Crippen LogP contribution in [0.2, 0.25) is 0 Å². The maximum atomic E-state index is 10.8. The van der Waals surface area contributed by atoms with Crippen molar-refractivity contribution in [1.82, 2.24) is 0 Å². The molecule has 0 aliphatic heterocycles. The van der Waals surface area contributed by atoms with Gasteiger partial charge in [0.15, 0.2) is 18.9 Å². The lowest BCUT2D eigenvalue weighted by Crippen LogP contribution is -2.32. The molecule has 0 N–H and O–H groups in total. The third-order valence-corrected chi connectivity index (χ3v) is 7.14. The molecule has 0 atom stereocenters. The van der Waals surface area contributed by atoms with E-state index in [4.69, 9.17) is 0 Å². The molecule has 0 unspecified atom stereocenters. The predicted molar refractivity (Wildman–Crippen MR) is 147 cm³/mol. The fraction of sp³-hybridized carbons (Fsp3) is 0.452. The van der Waals surface area contributed by atoms with Crippen LogP contribution in [-0.4, -0.2) is 13.0 Å². The van der Waals surface area contributed by atoms with Crippen LogP contribution in [0.15, 0.2) is 84.0 Å². The second-order valence-corrected chi connectivity index (χ2v) is 10.9. The normalized spacial score (nSPS) is 11.1. The first-order valence-electron chi connectivity index (χ1n) is 13.4. The van der Waals surface area contributed by atoms with Crippen LogP contribution in [0.25, 0.3) is 0 Å². The van der Waals surface area contributed by atoms with Gasteiger partial charge in [-0.2, -0.15) is 0 Å². The number of unbranched alkanes of at least 4 members (excludes halogenated alkanes) is 9. The first kappa shape index (κ1) is 29.7. The Hall–Kier alpha value is -2.50. The summed E-state index contributed by atoms with van der Waals surface area (Å²) in [5.41, 5.74) is 3.76. The van der Waals surface area contributed by atoms with Crippen LogP contribution in [0.1, 0.15) is 87.8 Å². The molecule has 0 bridgehead atoms. The molecule has 1 aromatic heterocycles. The molecular weight excluding hydrogens is 466 g/mol. The second kappa shape index (κ2) is 17.0. The third-order valence-electron chi connectivity index (χ3n) is 6.29. The molecule has 1 heterocycles. The van der Waals surface area contributed by atoms with Gasteiger partial charge in [-0.05, 0) is 37.5 Å². The average molecular weight is 510 g/mol. The molecule has 3 rings (SSSR count). The van der Waals surface area contributed by atoms with Crippen LogP contribution in [0.3, 0.4) is 0 Å². The van der Waals surface area contributed by atoms with E-state index in [1.165, 1.54) is 81.0 Å². The van der Waals surface area contributed by atoms with Crippen LogP contribution in [-0.2, 0) is 23.1 Å². The van der Waals surface area contributed by atoms with E-state index in [0.717, 1.165) is 24.9 Å². The lowest BCUT2D eigenvalue weighted by Gasteiger charge is -2.08. The molecule has 0 aliphatic carbocycles. The van der Waals surface area contributed by atoms with E-state index in [1.54, 1.807) is 12.1 Å². The molecule has 3 aromatic rings. The number of pyridine rings is 1. The maximum Gasteiger partial charge on any atom is 0.173 e. The van der Waals surface area contributed by atoms with Gasteiger partial charge in [-0.3, -0.25) is 0 Å². The van der Waals surface area contributed by atoms with Gasteiger partial charge in [-0.15, -0.1) is 0 Å². The maximum absolute atomic E-state index is 10.8. The monoisotopic (exact) mass is 509 g/mol.